The third-order valence-corrected chi connectivity index (χ3v) is 2.32. The summed E-state index contributed by atoms with van der Waals surface area (Å²) in [6, 6.07) is -0.142. The maximum Gasteiger partial charge on any atom is 0.239 e. The van der Waals surface area contributed by atoms with Crippen molar-refractivity contribution in [1.82, 2.24) is 10.6 Å². The van der Waals surface area contributed by atoms with E-state index in [1.54, 1.807) is 0 Å². The summed E-state index contributed by atoms with van der Waals surface area (Å²) in [5.41, 5.74) is 0. The Morgan fingerprint density at radius 2 is 2.14 bits per heavy atom. The average molecular weight is 200 g/mol. The molecule has 1 aliphatic rings. The van der Waals surface area contributed by atoms with E-state index in [0.29, 0.717) is 0 Å². The van der Waals surface area contributed by atoms with Crippen LogP contribution in [0.2, 0.25) is 0 Å². The lowest BCUT2D eigenvalue weighted by Gasteiger charge is -2.16. The molecule has 2 unspecified atom stereocenters. The number of aliphatic hydroxyl groups is 1. The summed E-state index contributed by atoms with van der Waals surface area (Å²) in [5.74, 6) is -0.474. The molecule has 14 heavy (non-hydrogen) atoms. The fraction of sp³-hybridized carbons (Fsp3) is 0.778. The number of amides is 2. The number of hydrogen-bond donors (Lipinski definition) is 3. The second-order valence-corrected chi connectivity index (χ2v) is 3.58. The molecule has 1 aliphatic carbocycles. The van der Waals surface area contributed by atoms with E-state index >= 15 is 0 Å². The molecule has 0 saturated heterocycles. The van der Waals surface area contributed by atoms with E-state index in [9.17, 15) is 14.7 Å². The maximum absolute atomic E-state index is 11.2. The molecular weight excluding hydrogens is 184 g/mol. The summed E-state index contributed by atoms with van der Waals surface area (Å²) in [4.78, 5) is 21.7. The van der Waals surface area contributed by atoms with E-state index in [0.717, 1.165) is 19.3 Å². The van der Waals surface area contributed by atoms with Crippen LogP contribution in [0, 0.1) is 0 Å². The van der Waals surface area contributed by atoms with Crippen LogP contribution in [0.15, 0.2) is 0 Å². The molecule has 3 N–H and O–H groups in total. The Balaban J connectivity index is 2.22. The highest BCUT2D eigenvalue weighted by Crippen LogP contribution is 2.18. The Labute approximate surface area is 82.9 Å². The molecule has 80 valence electrons. The molecule has 0 aromatic heterocycles. The van der Waals surface area contributed by atoms with Gasteiger partial charge in [-0.15, -0.1) is 0 Å². The minimum absolute atomic E-state index is 0.0153. The first-order chi connectivity index (χ1) is 6.59. The van der Waals surface area contributed by atoms with Gasteiger partial charge in [-0.2, -0.15) is 0 Å². The quantitative estimate of drug-likeness (QED) is 0.555. The fourth-order valence-corrected chi connectivity index (χ4v) is 1.57. The Hall–Kier alpha value is -1.10. The number of carbonyl (C=O) groups excluding carboxylic acids is 2. The summed E-state index contributed by atoms with van der Waals surface area (Å²) in [5, 5.41) is 14.5. The Morgan fingerprint density at radius 1 is 1.43 bits per heavy atom. The minimum Gasteiger partial charge on any atom is -0.391 e. The van der Waals surface area contributed by atoms with Crippen LogP contribution in [0.5, 0.6) is 0 Å². The van der Waals surface area contributed by atoms with Gasteiger partial charge in [-0.05, 0) is 19.3 Å². The zero-order valence-corrected chi connectivity index (χ0v) is 8.25. The molecule has 5 heteroatoms. The van der Waals surface area contributed by atoms with Crippen LogP contribution in [-0.4, -0.2) is 35.6 Å². The van der Waals surface area contributed by atoms with Crippen molar-refractivity contribution in [3.05, 3.63) is 0 Å². The summed E-state index contributed by atoms with van der Waals surface area (Å²) >= 11 is 0. The molecule has 0 radical (unpaired) electrons. The van der Waals surface area contributed by atoms with Crippen LogP contribution in [0.25, 0.3) is 0 Å². The van der Waals surface area contributed by atoms with Gasteiger partial charge in [0, 0.05) is 6.92 Å². The Morgan fingerprint density at radius 3 is 2.64 bits per heavy atom. The summed E-state index contributed by atoms with van der Waals surface area (Å²) in [6.07, 6.45) is 2.06. The molecule has 0 aromatic rings. The Kier molecular flexibility index (Phi) is 3.88. The van der Waals surface area contributed by atoms with Gasteiger partial charge in [-0.25, -0.2) is 0 Å². The van der Waals surface area contributed by atoms with E-state index in [1.165, 1.54) is 6.92 Å². The number of aliphatic hydroxyl groups excluding tert-OH is 1. The number of nitrogens with one attached hydrogen (secondary N) is 2. The topological polar surface area (TPSA) is 78.4 Å². The predicted octanol–water partition coefficient (Wildman–Crippen LogP) is -0.848. The minimum atomic E-state index is -0.434. The predicted molar refractivity (Wildman–Crippen MR) is 50.5 cm³/mol. The monoisotopic (exact) mass is 200 g/mol. The lowest BCUT2D eigenvalue weighted by Crippen LogP contribution is -2.44. The number of rotatable bonds is 3. The van der Waals surface area contributed by atoms with Crippen molar-refractivity contribution in [1.29, 1.82) is 0 Å². The highest BCUT2D eigenvalue weighted by Gasteiger charge is 2.26. The van der Waals surface area contributed by atoms with Crippen LogP contribution in [0.3, 0.4) is 0 Å². The first-order valence-corrected chi connectivity index (χ1v) is 4.81. The molecule has 1 saturated carbocycles. The zero-order chi connectivity index (χ0) is 10.6. The largest absolute Gasteiger partial charge is 0.391 e. The van der Waals surface area contributed by atoms with Gasteiger partial charge in [0.05, 0.1) is 18.7 Å². The molecule has 1 fully saturated rings. The van der Waals surface area contributed by atoms with Crippen LogP contribution in [0.4, 0.5) is 0 Å². The first kappa shape index (κ1) is 11.0. The highest BCUT2D eigenvalue weighted by atomic mass is 16.3. The SMILES string of the molecule is CC(=O)NCC(=O)NC1CCCC1O. The molecule has 0 spiro atoms. The normalized spacial score (nSPS) is 25.9. The van der Waals surface area contributed by atoms with Crippen LogP contribution < -0.4 is 10.6 Å². The second kappa shape index (κ2) is 4.95. The van der Waals surface area contributed by atoms with Crippen molar-refractivity contribution in [3.8, 4) is 0 Å². The number of carbonyl (C=O) groups is 2. The third-order valence-electron chi connectivity index (χ3n) is 2.32. The molecule has 2 amide bonds. The van der Waals surface area contributed by atoms with Crippen molar-refractivity contribution in [2.24, 2.45) is 0 Å². The third kappa shape index (κ3) is 3.33. The molecule has 0 aliphatic heterocycles. The van der Waals surface area contributed by atoms with E-state index in [4.69, 9.17) is 0 Å². The van der Waals surface area contributed by atoms with Crippen LogP contribution in [-0.2, 0) is 9.59 Å². The van der Waals surface area contributed by atoms with Gasteiger partial charge in [0.2, 0.25) is 11.8 Å². The van der Waals surface area contributed by atoms with Gasteiger partial charge >= 0.3 is 0 Å². The van der Waals surface area contributed by atoms with Gasteiger partial charge in [-0.1, -0.05) is 0 Å². The molecule has 1 rings (SSSR count). The van der Waals surface area contributed by atoms with Gasteiger partial charge in [0.15, 0.2) is 0 Å². The van der Waals surface area contributed by atoms with Crippen molar-refractivity contribution >= 4 is 11.8 Å². The van der Waals surface area contributed by atoms with Gasteiger partial charge < -0.3 is 15.7 Å². The standard InChI is InChI=1S/C9H16N2O3/c1-6(12)10-5-9(14)11-7-3-2-4-8(7)13/h7-8,13H,2-5H2,1H3,(H,10,12)(H,11,14). The molecule has 0 heterocycles. The maximum atomic E-state index is 11.2. The summed E-state index contributed by atoms with van der Waals surface area (Å²) < 4.78 is 0. The highest BCUT2D eigenvalue weighted by molar-refractivity contribution is 5.83. The summed E-state index contributed by atoms with van der Waals surface area (Å²) in [6.45, 7) is 1.34. The van der Waals surface area contributed by atoms with E-state index in [2.05, 4.69) is 10.6 Å². The molecule has 0 bridgehead atoms. The van der Waals surface area contributed by atoms with Crippen molar-refractivity contribution in [2.75, 3.05) is 6.54 Å². The zero-order valence-electron chi connectivity index (χ0n) is 8.25. The van der Waals surface area contributed by atoms with Crippen molar-refractivity contribution < 1.29 is 14.7 Å². The van der Waals surface area contributed by atoms with Crippen molar-refractivity contribution in [3.63, 3.8) is 0 Å². The van der Waals surface area contributed by atoms with Gasteiger partial charge in [0.1, 0.15) is 0 Å². The molecule has 2 atom stereocenters. The van der Waals surface area contributed by atoms with E-state index in [1.807, 2.05) is 0 Å². The van der Waals surface area contributed by atoms with E-state index in [-0.39, 0.29) is 24.4 Å². The first-order valence-electron chi connectivity index (χ1n) is 4.81. The van der Waals surface area contributed by atoms with Crippen molar-refractivity contribution in [2.45, 2.75) is 38.3 Å². The lowest BCUT2D eigenvalue weighted by molar-refractivity contribution is -0.125. The lowest BCUT2D eigenvalue weighted by atomic mass is 10.2. The smallest absolute Gasteiger partial charge is 0.239 e. The summed E-state index contributed by atoms with van der Waals surface area (Å²) in [7, 11) is 0. The van der Waals surface area contributed by atoms with Gasteiger partial charge in [-0.3, -0.25) is 9.59 Å². The van der Waals surface area contributed by atoms with Crippen LogP contribution >= 0.6 is 0 Å². The van der Waals surface area contributed by atoms with E-state index < -0.39 is 6.10 Å². The molecule has 5 nitrogen and oxygen atoms in total. The second-order valence-electron chi connectivity index (χ2n) is 3.58. The average Bonchev–Trinajstić information content (AvgIpc) is 2.49. The molecular formula is C9H16N2O3. The Bertz CT molecular complexity index is 230. The fourth-order valence-electron chi connectivity index (χ4n) is 1.57. The van der Waals surface area contributed by atoms with Crippen LogP contribution in [0.1, 0.15) is 26.2 Å². The van der Waals surface area contributed by atoms with Gasteiger partial charge in [0.25, 0.3) is 0 Å². The molecule has 0 aromatic carbocycles. The number of hydrogen-bond acceptors (Lipinski definition) is 3.